The van der Waals surface area contributed by atoms with Crippen molar-refractivity contribution in [3.8, 4) is 5.69 Å². The molecule has 0 N–H and O–H groups in total. The molecule has 0 radical (unpaired) electrons. The monoisotopic (exact) mass is 443 g/mol. The van der Waals surface area contributed by atoms with Gasteiger partial charge in [-0.3, -0.25) is 9.36 Å². The molecule has 1 saturated heterocycles. The van der Waals surface area contributed by atoms with E-state index >= 15 is 0 Å². The van der Waals surface area contributed by atoms with Crippen molar-refractivity contribution < 1.29 is 9.53 Å². The molecule has 0 bridgehead atoms. The Kier molecular flexibility index (Phi) is 7.17. The lowest BCUT2D eigenvalue weighted by molar-refractivity contribution is -0.131. The molecule has 7 nitrogen and oxygen atoms in total. The van der Waals surface area contributed by atoms with E-state index in [0.29, 0.717) is 19.3 Å². The predicted molar refractivity (Wildman–Crippen MR) is 124 cm³/mol. The standard InChI is InChI=1S/C23H33N5O2S/c1-17-9-7-8-12-20(17)28-22(27-13-15-30-16-14-27)24-25-23(28)31-18(2)21(29)26(3)19-10-5-4-6-11-19/h7-9,12,18-19H,4-6,10-11,13-16H2,1-3H3. The molecule has 4 rings (SSSR count). The zero-order valence-corrected chi connectivity index (χ0v) is 19.6. The highest BCUT2D eigenvalue weighted by Crippen LogP contribution is 2.32. The Morgan fingerprint density at radius 1 is 1.16 bits per heavy atom. The number of amides is 1. The lowest BCUT2D eigenvalue weighted by atomic mass is 9.94. The first kappa shape index (κ1) is 22.1. The Hall–Kier alpha value is -2.06. The maximum Gasteiger partial charge on any atom is 0.235 e. The molecule has 0 spiro atoms. The second-order valence-corrected chi connectivity index (χ2v) is 9.81. The van der Waals surface area contributed by atoms with E-state index in [1.165, 1.54) is 31.0 Å². The summed E-state index contributed by atoms with van der Waals surface area (Å²) in [5.74, 6) is 0.990. The first-order valence-corrected chi connectivity index (χ1v) is 12.2. The molecule has 2 aromatic rings. The number of anilines is 1. The topological polar surface area (TPSA) is 63.5 Å². The quantitative estimate of drug-likeness (QED) is 0.635. The molecule has 1 aliphatic carbocycles. The normalized spacial score (nSPS) is 18.7. The minimum atomic E-state index is -0.226. The summed E-state index contributed by atoms with van der Waals surface area (Å²) in [5.41, 5.74) is 2.20. The number of aryl methyl sites for hydroxylation is 1. The number of nitrogens with zero attached hydrogens (tertiary/aromatic N) is 5. The van der Waals surface area contributed by atoms with Gasteiger partial charge in [0.15, 0.2) is 5.16 Å². The Labute approximate surface area is 189 Å². The summed E-state index contributed by atoms with van der Waals surface area (Å²) in [6.45, 7) is 7.02. The minimum Gasteiger partial charge on any atom is -0.378 e. The number of hydrogen-bond donors (Lipinski definition) is 0. The summed E-state index contributed by atoms with van der Waals surface area (Å²) in [6, 6.07) is 8.62. The highest BCUT2D eigenvalue weighted by Gasteiger charge is 2.29. The number of para-hydroxylation sites is 1. The van der Waals surface area contributed by atoms with E-state index in [9.17, 15) is 4.79 Å². The zero-order chi connectivity index (χ0) is 21.8. The van der Waals surface area contributed by atoms with Gasteiger partial charge in [0.2, 0.25) is 11.9 Å². The third-order valence-electron chi connectivity index (χ3n) is 6.37. The van der Waals surface area contributed by atoms with Crippen LogP contribution in [0.1, 0.15) is 44.6 Å². The molecule has 1 aliphatic heterocycles. The molecule has 1 aromatic heterocycles. The summed E-state index contributed by atoms with van der Waals surface area (Å²) in [5, 5.41) is 9.60. The van der Waals surface area contributed by atoms with Crippen LogP contribution < -0.4 is 4.90 Å². The van der Waals surface area contributed by atoms with Crippen molar-refractivity contribution in [2.45, 2.75) is 62.4 Å². The van der Waals surface area contributed by atoms with E-state index in [0.717, 1.165) is 48.3 Å². The van der Waals surface area contributed by atoms with E-state index in [4.69, 9.17) is 4.74 Å². The van der Waals surface area contributed by atoms with Crippen LogP contribution in [-0.4, -0.2) is 70.2 Å². The molecule has 1 amide bonds. The molecule has 1 atom stereocenters. The fourth-order valence-electron chi connectivity index (χ4n) is 4.48. The maximum absolute atomic E-state index is 13.2. The van der Waals surface area contributed by atoms with Crippen LogP contribution in [0.3, 0.4) is 0 Å². The SMILES string of the molecule is Cc1ccccc1-n1c(SC(C)C(=O)N(C)C2CCCCC2)nnc1N1CCOCC1. The van der Waals surface area contributed by atoms with Crippen molar-refractivity contribution in [2.24, 2.45) is 0 Å². The second kappa shape index (κ2) is 10.0. The summed E-state index contributed by atoms with van der Waals surface area (Å²) >= 11 is 1.50. The van der Waals surface area contributed by atoms with Gasteiger partial charge in [0, 0.05) is 26.2 Å². The molecule has 1 saturated carbocycles. The van der Waals surface area contributed by atoms with Crippen LogP contribution in [0, 0.1) is 6.92 Å². The summed E-state index contributed by atoms with van der Waals surface area (Å²) < 4.78 is 7.63. The fourth-order valence-corrected chi connectivity index (χ4v) is 5.43. The molecule has 8 heteroatoms. The third-order valence-corrected chi connectivity index (χ3v) is 7.40. The van der Waals surface area contributed by atoms with Crippen LogP contribution in [0.4, 0.5) is 5.95 Å². The number of thioether (sulfide) groups is 1. The van der Waals surface area contributed by atoms with Crippen molar-refractivity contribution in [1.29, 1.82) is 0 Å². The molecule has 2 fully saturated rings. The van der Waals surface area contributed by atoms with Crippen LogP contribution in [0.15, 0.2) is 29.4 Å². The van der Waals surface area contributed by atoms with Gasteiger partial charge in [0.1, 0.15) is 0 Å². The predicted octanol–water partition coefficient (Wildman–Crippen LogP) is 3.68. The number of ether oxygens (including phenoxy) is 1. The Morgan fingerprint density at radius 3 is 2.58 bits per heavy atom. The fraction of sp³-hybridized carbons (Fsp3) is 0.609. The van der Waals surface area contributed by atoms with E-state index in [-0.39, 0.29) is 11.2 Å². The van der Waals surface area contributed by atoms with Crippen LogP contribution in [0.5, 0.6) is 0 Å². The van der Waals surface area contributed by atoms with Crippen LogP contribution >= 0.6 is 11.8 Å². The average Bonchev–Trinajstić information content (AvgIpc) is 3.22. The summed E-state index contributed by atoms with van der Waals surface area (Å²) in [6.07, 6.45) is 5.94. The van der Waals surface area contributed by atoms with Gasteiger partial charge in [-0.05, 0) is 38.3 Å². The third kappa shape index (κ3) is 4.90. The lowest BCUT2D eigenvalue weighted by Gasteiger charge is -2.32. The molecular formula is C23H33N5O2S. The van der Waals surface area contributed by atoms with Crippen molar-refractivity contribution in [3.63, 3.8) is 0 Å². The maximum atomic E-state index is 13.2. The number of benzene rings is 1. The van der Waals surface area contributed by atoms with Crippen molar-refractivity contribution in [1.82, 2.24) is 19.7 Å². The molecule has 168 valence electrons. The average molecular weight is 444 g/mol. The van der Waals surface area contributed by atoms with Gasteiger partial charge in [-0.15, -0.1) is 10.2 Å². The molecule has 2 aliphatic rings. The Morgan fingerprint density at radius 2 is 1.87 bits per heavy atom. The molecule has 1 unspecified atom stereocenters. The summed E-state index contributed by atoms with van der Waals surface area (Å²) in [7, 11) is 1.96. The van der Waals surface area contributed by atoms with E-state index in [2.05, 4.69) is 38.7 Å². The molecule has 1 aromatic carbocycles. The molecular weight excluding hydrogens is 410 g/mol. The number of hydrogen-bond acceptors (Lipinski definition) is 6. The number of carbonyl (C=O) groups excluding carboxylic acids is 1. The number of carbonyl (C=O) groups is 1. The largest absolute Gasteiger partial charge is 0.378 e. The van der Waals surface area contributed by atoms with E-state index in [1.807, 2.05) is 31.0 Å². The number of rotatable bonds is 6. The van der Waals surface area contributed by atoms with E-state index < -0.39 is 0 Å². The number of aromatic nitrogens is 3. The van der Waals surface area contributed by atoms with Gasteiger partial charge < -0.3 is 14.5 Å². The smallest absolute Gasteiger partial charge is 0.235 e. The van der Waals surface area contributed by atoms with Crippen LogP contribution in [0.2, 0.25) is 0 Å². The Bertz CT molecular complexity index is 890. The second-order valence-electron chi connectivity index (χ2n) is 8.50. The van der Waals surface area contributed by atoms with Crippen molar-refractivity contribution in [2.75, 3.05) is 38.3 Å². The number of morpholine rings is 1. The van der Waals surface area contributed by atoms with Gasteiger partial charge in [-0.1, -0.05) is 49.2 Å². The molecule has 31 heavy (non-hydrogen) atoms. The van der Waals surface area contributed by atoms with Gasteiger partial charge in [0.05, 0.1) is 24.2 Å². The highest BCUT2D eigenvalue weighted by molar-refractivity contribution is 8.00. The summed E-state index contributed by atoms with van der Waals surface area (Å²) in [4.78, 5) is 17.4. The van der Waals surface area contributed by atoms with Crippen molar-refractivity contribution >= 4 is 23.6 Å². The minimum absolute atomic E-state index is 0.171. The first-order chi connectivity index (χ1) is 15.1. The molecule has 2 heterocycles. The van der Waals surface area contributed by atoms with Crippen LogP contribution in [0.25, 0.3) is 5.69 Å². The van der Waals surface area contributed by atoms with Gasteiger partial charge >= 0.3 is 0 Å². The lowest BCUT2D eigenvalue weighted by Crippen LogP contribution is -2.42. The van der Waals surface area contributed by atoms with Crippen LogP contribution in [-0.2, 0) is 9.53 Å². The van der Waals surface area contributed by atoms with Gasteiger partial charge in [-0.25, -0.2) is 0 Å². The Balaban J connectivity index is 1.59. The zero-order valence-electron chi connectivity index (χ0n) is 18.8. The van der Waals surface area contributed by atoms with Crippen molar-refractivity contribution in [3.05, 3.63) is 29.8 Å². The van der Waals surface area contributed by atoms with Gasteiger partial charge in [-0.2, -0.15) is 0 Å². The van der Waals surface area contributed by atoms with Gasteiger partial charge in [0.25, 0.3) is 0 Å². The highest BCUT2D eigenvalue weighted by atomic mass is 32.2. The van der Waals surface area contributed by atoms with E-state index in [1.54, 1.807) is 0 Å². The first-order valence-electron chi connectivity index (χ1n) is 11.3.